The fraction of sp³-hybridized carbons (Fsp3) is 0.476. The van der Waals surface area contributed by atoms with Crippen molar-refractivity contribution in [1.82, 2.24) is 5.16 Å². The summed E-state index contributed by atoms with van der Waals surface area (Å²) >= 11 is 0. The molecule has 2 heterocycles. The first kappa shape index (κ1) is 19.9. The van der Waals surface area contributed by atoms with Crippen LogP contribution in [0.15, 0.2) is 28.8 Å². The van der Waals surface area contributed by atoms with Crippen molar-refractivity contribution in [3.8, 4) is 0 Å². The van der Waals surface area contributed by atoms with Crippen molar-refractivity contribution in [3.63, 3.8) is 0 Å². The molecular weight excluding hydrogens is 356 g/mol. The Morgan fingerprint density at radius 2 is 2.11 bits per heavy atom. The standard InChI is InChI=1S/C21H28N4O3/c1-4-6-7-17(21(27)23-19-12-14(3)28-24-19)22-16-9-10-18-15(13-16)8-11-20(26)25(18)5-2/h9-10,12-13,17,22H,4-8,11H2,1-3H3,(H,23,24,27). The van der Waals surface area contributed by atoms with Crippen molar-refractivity contribution >= 4 is 29.0 Å². The molecule has 1 unspecified atom stereocenters. The van der Waals surface area contributed by atoms with Crippen molar-refractivity contribution in [2.45, 2.75) is 58.9 Å². The van der Waals surface area contributed by atoms with Crippen molar-refractivity contribution < 1.29 is 14.1 Å². The predicted molar refractivity (Wildman–Crippen MR) is 110 cm³/mol. The summed E-state index contributed by atoms with van der Waals surface area (Å²) in [5, 5.41) is 10.0. The molecule has 1 aromatic heterocycles. The maximum atomic E-state index is 12.8. The van der Waals surface area contributed by atoms with Crippen LogP contribution in [0.3, 0.4) is 0 Å². The smallest absolute Gasteiger partial charge is 0.248 e. The number of hydrogen-bond donors (Lipinski definition) is 2. The molecule has 7 heteroatoms. The van der Waals surface area contributed by atoms with Gasteiger partial charge in [-0.05, 0) is 50.5 Å². The number of hydrogen-bond acceptors (Lipinski definition) is 5. The quantitative estimate of drug-likeness (QED) is 0.721. The van der Waals surface area contributed by atoms with E-state index in [4.69, 9.17) is 4.52 Å². The van der Waals surface area contributed by atoms with Crippen molar-refractivity contribution in [1.29, 1.82) is 0 Å². The number of carbonyl (C=O) groups excluding carboxylic acids is 2. The first-order chi connectivity index (χ1) is 13.5. The number of aromatic nitrogens is 1. The highest BCUT2D eigenvalue weighted by atomic mass is 16.5. The third-order valence-electron chi connectivity index (χ3n) is 4.98. The van der Waals surface area contributed by atoms with Crippen LogP contribution in [0.1, 0.15) is 50.9 Å². The number of carbonyl (C=O) groups is 2. The van der Waals surface area contributed by atoms with Crippen molar-refractivity contribution in [3.05, 3.63) is 35.6 Å². The van der Waals surface area contributed by atoms with Gasteiger partial charge in [0, 0.05) is 30.4 Å². The van der Waals surface area contributed by atoms with Crippen LogP contribution in [0.4, 0.5) is 17.2 Å². The molecule has 0 spiro atoms. The van der Waals surface area contributed by atoms with Crippen LogP contribution in [0.5, 0.6) is 0 Å². The highest BCUT2D eigenvalue weighted by molar-refractivity contribution is 5.97. The molecule has 0 saturated carbocycles. The molecule has 2 amide bonds. The second-order valence-corrected chi connectivity index (χ2v) is 7.13. The molecule has 7 nitrogen and oxygen atoms in total. The first-order valence-electron chi connectivity index (χ1n) is 9.95. The monoisotopic (exact) mass is 384 g/mol. The Morgan fingerprint density at radius 3 is 2.79 bits per heavy atom. The van der Waals surface area contributed by atoms with Gasteiger partial charge in [0.25, 0.3) is 0 Å². The van der Waals surface area contributed by atoms with Gasteiger partial charge in [0.05, 0.1) is 0 Å². The van der Waals surface area contributed by atoms with Crippen LogP contribution >= 0.6 is 0 Å². The topological polar surface area (TPSA) is 87.5 Å². The molecule has 1 aliphatic heterocycles. The number of fused-ring (bicyclic) bond motifs is 1. The zero-order valence-corrected chi connectivity index (χ0v) is 16.7. The van der Waals surface area contributed by atoms with Crippen molar-refractivity contribution in [2.75, 3.05) is 22.1 Å². The zero-order chi connectivity index (χ0) is 20.1. The Bertz CT molecular complexity index is 846. The first-order valence-corrected chi connectivity index (χ1v) is 9.95. The summed E-state index contributed by atoms with van der Waals surface area (Å²) in [6.45, 7) is 6.53. The van der Waals surface area contributed by atoms with Gasteiger partial charge in [-0.1, -0.05) is 24.9 Å². The molecule has 28 heavy (non-hydrogen) atoms. The van der Waals surface area contributed by atoms with E-state index in [1.165, 1.54) is 0 Å². The lowest BCUT2D eigenvalue weighted by Gasteiger charge is -2.29. The summed E-state index contributed by atoms with van der Waals surface area (Å²) in [5.41, 5.74) is 2.99. The second kappa shape index (κ2) is 8.91. The summed E-state index contributed by atoms with van der Waals surface area (Å²) in [6.07, 6.45) is 3.91. The van der Waals surface area contributed by atoms with Gasteiger partial charge in [0.1, 0.15) is 11.8 Å². The number of nitrogens with zero attached hydrogens (tertiary/aromatic N) is 2. The van der Waals surface area contributed by atoms with Crippen LogP contribution in [-0.4, -0.2) is 29.6 Å². The van der Waals surface area contributed by atoms with Crippen molar-refractivity contribution in [2.24, 2.45) is 0 Å². The normalized spacial score (nSPS) is 14.5. The minimum atomic E-state index is -0.373. The number of anilines is 3. The Labute approximate surface area is 165 Å². The van der Waals surface area contributed by atoms with E-state index in [0.717, 1.165) is 42.6 Å². The average molecular weight is 384 g/mol. The predicted octanol–water partition coefficient (Wildman–Crippen LogP) is 3.89. The third kappa shape index (κ3) is 4.52. The van der Waals surface area contributed by atoms with E-state index < -0.39 is 0 Å². The number of rotatable bonds is 8. The van der Waals surface area contributed by atoms with E-state index in [1.54, 1.807) is 13.0 Å². The zero-order valence-electron chi connectivity index (χ0n) is 16.7. The summed E-state index contributed by atoms with van der Waals surface area (Å²) < 4.78 is 5.02. The van der Waals surface area contributed by atoms with E-state index >= 15 is 0 Å². The number of unbranched alkanes of at least 4 members (excludes halogenated alkanes) is 1. The lowest BCUT2D eigenvalue weighted by molar-refractivity contribution is -0.119. The van der Waals surface area contributed by atoms with Gasteiger partial charge >= 0.3 is 0 Å². The van der Waals surface area contributed by atoms with Crippen LogP contribution in [0, 0.1) is 6.92 Å². The summed E-state index contributed by atoms with van der Waals surface area (Å²) in [7, 11) is 0. The molecule has 0 bridgehead atoms. The minimum absolute atomic E-state index is 0.134. The molecule has 0 aliphatic carbocycles. The molecule has 0 radical (unpaired) electrons. The molecule has 150 valence electrons. The van der Waals surface area contributed by atoms with E-state index in [0.29, 0.717) is 24.5 Å². The third-order valence-corrected chi connectivity index (χ3v) is 4.98. The van der Waals surface area contributed by atoms with Crippen LogP contribution in [0.25, 0.3) is 0 Å². The fourth-order valence-electron chi connectivity index (χ4n) is 3.51. The molecule has 1 aromatic carbocycles. The average Bonchev–Trinajstić information content (AvgIpc) is 3.09. The minimum Gasteiger partial charge on any atom is -0.374 e. The van der Waals surface area contributed by atoms with E-state index in [1.807, 2.05) is 24.0 Å². The van der Waals surface area contributed by atoms with Gasteiger partial charge in [0.2, 0.25) is 11.8 Å². The maximum absolute atomic E-state index is 12.8. The molecular formula is C21H28N4O3. The summed E-state index contributed by atoms with van der Waals surface area (Å²) in [5.74, 6) is 1.11. The van der Waals surface area contributed by atoms with Gasteiger partial charge in [-0.2, -0.15) is 0 Å². The molecule has 1 aliphatic rings. The molecule has 0 fully saturated rings. The summed E-state index contributed by atoms with van der Waals surface area (Å²) in [4.78, 5) is 26.6. The van der Waals surface area contributed by atoms with E-state index in [9.17, 15) is 9.59 Å². The Balaban J connectivity index is 1.75. The van der Waals surface area contributed by atoms with E-state index in [2.05, 4.69) is 28.8 Å². The van der Waals surface area contributed by atoms with Crippen LogP contribution in [0.2, 0.25) is 0 Å². The molecule has 1 atom stereocenters. The van der Waals surface area contributed by atoms with Crippen LogP contribution in [-0.2, 0) is 16.0 Å². The van der Waals surface area contributed by atoms with Crippen LogP contribution < -0.4 is 15.5 Å². The molecule has 2 aromatic rings. The Morgan fingerprint density at radius 1 is 1.29 bits per heavy atom. The molecule has 0 saturated heterocycles. The number of amides is 2. The van der Waals surface area contributed by atoms with E-state index in [-0.39, 0.29) is 17.9 Å². The van der Waals surface area contributed by atoms with Gasteiger partial charge in [-0.25, -0.2) is 0 Å². The van der Waals surface area contributed by atoms with Gasteiger partial charge < -0.3 is 20.1 Å². The maximum Gasteiger partial charge on any atom is 0.248 e. The molecule has 2 N–H and O–H groups in total. The SMILES string of the molecule is CCCCC(Nc1ccc2c(c1)CCC(=O)N2CC)C(=O)Nc1cc(C)on1. The lowest BCUT2D eigenvalue weighted by atomic mass is 10.00. The second-order valence-electron chi connectivity index (χ2n) is 7.13. The highest BCUT2D eigenvalue weighted by Gasteiger charge is 2.24. The van der Waals surface area contributed by atoms with Gasteiger partial charge in [-0.15, -0.1) is 0 Å². The number of benzene rings is 1. The lowest BCUT2D eigenvalue weighted by Crippen LogP contribution is -2.36. The van der Waals surface area contributed by atoms with Gasteiger partial charge in [-0.3, -0.25) is 9.59 Å². The largest absolute Gasteiger partial charge is 0.374 e. The Kier molecular flexibility index (Phi) is 6.34. The number of aryl methyl sites for hydroxylation is 2. The number of nitrogens with one attached hydrogen (secondary N) is 2. The summed E-state index contributed by atoms with van der Waals surface area (Å²) in [6, 6.07) is 7.28. The Hall–Kier alpha value is -2.83. The molecule has 3 rings (SSSR count). The fourth-order valence-corrected chi connectivity index (χ4v) is 3.51. The highest BCUT2D eigenvalue weighted by Crippen LogP contribution is 2.30. The van der Waals surface area contributed by atoms with Gasteiger partial charge in [0.15, 0.2) is 5.82 Å².